The molecule has 0 aliphatic rings. The van der Waals surface area contributed by atoms with Crippen LogP contribution in [-0.2, 0) is 27.8 Å². The van der Waals surface area contributed by atoms with Crippen molar-refractivity contribution < 1.29 is 27.8 Å². The van der Waals surface area contributed by atoms with Crippen LogP contribution in [0.5, 0.6) is 0 Å². The maximum Gasteiger partial charge on any atom is -0.107 e. The van der Waals surface area contributed by atoms with Gasteiger partial charge in [-0.2, -0.15) is 0 Å². The van der Waals surface area contributed by atoms with Gasteiger partial charge >= 0.3 is 78.0 Å². The van der Waals surface area contributed by atoms with Crippen LogP contribution >= 0.6 is 24.0 Å². The van der Waals surface area contributed by atoms with Gasteiger partial charge in [0.25, 0.3) is 0 Å². The summed E-state index contributed by atoms with van der Waals surface area (Å²) >= 11 is 1.27. The monoisotopic (exact) mass is 335 g/mol. The van der Waals surface area contributed by atoms with Crippen LogP contribution in [0.2, 0.25) is 5.02 Å². The number of esters is 1. The molecule has 0 heterocycles. The minimum atomic E-state index is -0.318. The van der Waals surface area contributed by atoms with Gasteiger partial charge in [0, 0.05) is 0 Å². The van der Waals surface area contributed by atoms with Gasteiger partial charge < -0.3 is 0 Å². The second-order valence-corrected chi connectivity index (χ2v) is 5.03. The van der Waals surface area contributed by atoms with Crippen molar-refractivity contribution in [2.75, 3.05) is 0 Å². The molecule has 0 aromatic heterocycles. The third kappa shape index (κ3) is 10.8. The molecule has 0 rings (SSSR count). The summed E-state index contributed by atoms with van der Waals surface area (Å²) in [6, 6.07) is 0. The van der Waals surface area contributed by atoms with Crippen LogP contribution in [-0.4, -0.2) is 11.6 Å². The van der Waals surface area contributed by atoms with E-state index in [4.69, 9.17) is 4.74 Å². The smallest absolute Gasteiger partial charge is 0.107 e. The number of halogens is 1. The molecule has 69 valence electrons. The molecule has 2 nitrogen and oxygen atoms in total. The van der Waals surface area contributed by atoms with E-state index in [1.165, 1.54) is 23.3 Å². The van der Waals surface area contributed by atoms with Gasteiger partial charge in [-0.1, -0.05) is 0 Å². The van der Waals surface area contributed by atoms with Crippen LogP contribution in [0.15, 0.2) is 0 Å². The number of hydrogen-bond acceptors (Lipinski definition) is 2. The fraction of sp³-hybridized carbons (Fsp3) is 0.875. The molecule has 0 aromatic rings. The molecule has 0 saturated heterocycles. The molecule has 4 heteroatoms. The Labute approximate surface area is 102 Å². The van der Waals surface area contributed by atoms with E-state index in [0.717, 1.165) is 6.42 Å². The van der Waals surface area contributed by atoms with E-state index in [-0.39, 0.29) is 35.5 Å². The number of ether oxygens (including phenoxy) is 1. The van der Waals surface area contributed by atoms with Crippen molar-refractivity contribution in [1.82, 2.24) is 0 Å². The fourth-order valence-corrected chi connectivity index (χ4v) is 1.19. The van der Waals surface area contributed by atoms with E-state index in [1.54, 1.807) is 0 Å². The van der Waals surface area contributed by atoms with Gasteiger partial charge in [-0.15, -0.1) is 24.0 Å². The number of carbonyl (C=O) groups excluding carboxylic acids is 1. The zero-order chi connectivity index (χ0) is 8.91. The first-order chi connectivity index (χ1) is 4.95. The van der Waals surface area contributed by atoms with E-state index in [0.29, 0.717) is 6.42 Å². The molecule has 0 aliphatic carbocycles. The third-order valence-electron chi connectivity index (χ3n) is 1.05. The molecular formula is C8H16IO2Zn. The van der Waals surface area contributed by atoms with Crippen LogP contribution in [0, 0.1) is 0 Å². The average Bonchev–Trinajstić information content (AvgIpc) is 1.79. The van der Waals surface area contributed by atoms with Crippen LogP contribution in [0.1, 0.15) is 33.6 Å². The zero-order valence-corrected chi connectivity index (χ0v) is 13.4. The van der Waals surface area contributed by atoms with Crippen molar-refractivity contribution >= 4 is 29.9 Å². The van der Waals surface area contributed by atoms with Gasteiger partial charge in [0.05, 0.1) is 0 Å². The Kier molecular flexibility index (Phi) is 9.24. The second kappa shape index (κ2) is 7.25. The first-order valence-corrected chi connectivity index (χ1v) is 6.06. The summed E-state index contributed by atoms with van der Waals surface area (Å²) in [6.07, 6.45) is 1.56. The van der Waals surface area contributed by atoms with Crippen molar-refractivity contribution in [2.45, 2.75) is 44.2 Å². The molecule has 0 aliphatic heterocycles. The van der Waals surface area contributed by atoms with E-state index in [9.17, 15) is 4.79 Å². The molecule has 0 amide bonds. The van der Waals surface area contributed by atoms with Gasteiger partial charge in [0.1, 0.15) is 0 Å². The fourth-order valence-electron chi connectivity index (χ4n) is 0.662. The van der Waals surface area contributed by atoms with Crippen molar-refractivity contribution in [1.29, 1.82) is 0 Å². The van der Waals surface area contributed by atoms with Gasteiger partial charge in [-0.25, -0.2) is 0 Å². The predicted octanol–water partition coefficient (Wildman–Crippen LogP) is 2.69. The van der Waals surface area contributed by atoms with Gasteiger partial charge in [0.2, 0.25) is 0 Å². The van der Waals surface area contributed by atoms with Crippen LogP contribution in [0.4, 0.5) is 0 Å². The van der Waals surface area contributed by atoms with Crippen LogP contribution in [0.25, 0.3) is 0 Å². The molecule has 0 bridgehead atoms. The van der Waals surface area contributed by atoms with Gasteiger partial charge in [-0.3, -0.25) is 0 Å². The molecule has 12 heavy (non-hydrogen) atoms. The Balaban J connectivity index is 0. The third-order valence-corrected chi connectivity index (χ3v) is 2.10. The van der Waals surface area contributed by atoms with E-state index in [2.05, 4.69) is 0 Å². The minimum absolute atomic E-state index is 0. The van der Waals surface area contributed by atoms with Crippen molar-refractivity contribution in [3.63, 3.8) is 0 Å². The molecule has 0 saturated carbocycles. The largest absolute Gasteiger partial charge is 0.107 e. The Morgan fingerprint density at radius 2 is 1.92 bits per heavy atom. The Morgan fingerprint density at radius 3 is 2.25 bits per heavy atom. The SMILES string of the molecule is CC(C)(C)OC(=O)CC[CH2][Zn].I. The quantitative estimate of drug-likeness (QED) is 0.450. The summed E-state index contributed by atoms with van der Waals surface area (Å²) in [6.45, 7) is 5.68. The molecule has 0 unspecified atom stereocenters. The number of rotatable bonds is 3. The van der Waals surface area contributed by atoms with Gasteiger partial charge in [0.15, 0.2) is 0 Å². The summed E-state index contributed by atoms with van der Waals surface area (Å²) < 4.78 is 5.11. The van der Waals surface area contributed by atoms with Crippen molar-refractivity contribution in [2.24, 2.45) is 0 Å². The minimum Gasteiger partial charge on any atom is -0.107 e. The van der Waals surface area contributed by atoms with Gasteiger partial charge in [-0.05, 0) is 0 Å². The van der Waals surface area contributed by atoms with E-state index < -0.39 is 0 Å². The summed E-state index contributed by atoms with van der Waals surface area (Å²) in [5.41, 5.74) is -0.318. The molecule has 0 fully saturated rings. The zero-order valence-electron chi connectivity index (χ0n) is 8.05. The normalized spacial score (nSPS) is 10.4. The molecular weight excluding hydrogens is 320 g/mol. The summed E-state index contributed by atoms with van der Waals surface area (Å²) in [4.78, 5) is 11.0. The Morgan fingerprint density at radius 1 is 1.42 bits per heavy atom. The van der Waals surface area contributed by atoms with Crippen LogP contribution in [0.3, 0.4) is 0 Å². The van der Waals surface area contributed by atoms with E-state index in [1.807, 2.05) is 20.8 Å². The maximum atomic E-state index is 11.0. The summed E-state index contributed by atoms with van der Waals surface area (Å²) in [5, 5.41) is 1.17. The second-order valence-electron chi connectivity index (χ2n) is 3.54. The average molecular weight is 337 g/mol. The predicted molar refractivity (Wildman–Crippen MR) is 55.3 cm³/mol. The molecule has 0 spiro atoms. The van der Waals surface area contributed by atoms with E-state index >= 15 is 0 Å². The summed E-state index contributed by atoms with van der Waals surface area (Å²) in [5.74, 6) is -0.0639. The topological polar surface area (TPSA) is 26.3 Å². The summed E-state index contributed by atoms with van der Waals surface area (Å²) in [7, 11) is 0. The Hall–Kier alpha value is 0.823. The van der Waals surface area contributed by atoms with Crippen molar-refractivity contribution in [3.8, 4) is 0 Å². The first-order valence-electron chi connectivity index (χ1n) is 3.97. The Bertz CT molecular complexity index is 132. The number of hydrogen-bond donors (Lipinski definition) is 0. The van der Waals surface area contributed by atoms with Crippen LogP contribution < -0.4 is 0 Å². The van der Waals surface area contributed by atoms with Crippen molar-refractivity contribution in [3.05, 3.63) is 0 Å². The number of carbonyl (C=O) groups is 1. The molecule has 0 radical (unpaired) electrons. The molecule has 0 aromatic carbocycles. The maximum absolute atomic E-state index is 11.0. The molecule has 0 atom stereocenters. The molecule has 0 N–H and O–H groups in total. The first kappa shape index (κ1) is 15.3. The standard InChI is InChI=1S/C8H15O2.HI.Zn/c1-5-6-7(9)10-8(2,3)4;;/h1,5-6H2,2-4H3;1H;.